The number of sulfonamides is 1. The van der Waals surface area contributed by atoms with E-state index in [9.17, 15) is 13.2 Å². The average Bonchev–Trinajstić information content (AvgIpc) is 2.87. The lowest BCUT2D eigenvalue weighted by atomic mass is 10.3. The van der Waals surface area contributed by atoms with Gasteiger partial charge in [0.2, 0.25) is 0 Å². The third-order valence-electron chi connectivity index (χ3n) is 1.93. The van der Waals surface area contributed by atoms with Crippen molar-refractivity contribution in [3.05, 3.63) is 27.0 Å². The van der Waals surface area contributed by atoms with E-state index in [1.807, 2.05) is 0 Å². The first-order valence-corrected chi connectivity index (χ1v) is 8.72. The second-order valence-corrected chi connectivity index (χ2v) is 8.85. The zero-order valence-corrected chi connectivity index (χ0v) is 13.2. The molecule has 0 aliphatic rings. The summed E-state index contributed by atoms with van der Waals surface area (Å²) in [7, 11) is -3.71. The molecule has 0 saturated carbocycles. The van der Waals surface area contributed by atoms with Crippen LogP contribution >= 0.6 is 38.6 Å². The molecule has 2 rings (SSSR count). The Balaban J connectivity index is 2.19. The van der Waals surface area contributed by atoms with Gasteiger partial charge in [-0.3, -0.25) is 9.52 Å². The second kappa shape index (κ2) is 5.57. The number of hydrogen-bond acceptors (Lipinski definition) is 6. The van der Waals surface area contributed by atoms with Crippen LogP contribution < -0.4 is 4.72 Å². The highest BCUT2D eigenvalue weighted by Gasteiger charge is 2.19. The normalized spacial score (nSPS) is 11.4. The predicted molar refractivity (Wildman–Crippen MR) is 76.3 cm³/mol. The first kappa shape index (κ1) is 14.4. The number of carboxylic acid groups (broad SMARTS) is 1. The molecule has 0 aromatic carbocycles. The Morgan fingerprint density at radius 3 is 2.74 bits per heavy atom. The smallest absolute Gasteiger partial charge is 0.308 e. The van der Waals surface area contributed by atoms with Gasteiger partial charge < -0.3 is 5.11 Å². The van der Waals surface area contributed by atoms with E-state index in [-0.39, 0.29) is 15.8 Å². The fraction of sp³-hybridized carbons (Fsp3) is 0.111. The molecule has 2 heterocycles. The quantitative estimate of drug-likeness (QED) is 0.827. The minimum atomic E-state index is -3.71. The zero-order chi connectivity index (χ0) is 14.0. The first-order valence-electron chi connectivity index (χ1n) is 4.81. The third kappa shape index (κ3) is 3.75. The number of carbonyl (C=O) groups is 1. The lowest BCUT2D eigenvalue weighted by Gasteiger charge is -2.01. The summed E-state index contributed by atoms with van der Waals surface area (Å²) in [6, 6.07) is 2.87. The number of carboxylic acids is 1. The summed E-state index contributed by atoms with van der Waals surface area (Å²) in [6.45, 7) is 0. The monoisotopic (exact) mass is 382 g/mol. The number of thiazole rings is 1. The van der Waals surface area contributed by atoms with Crippen LogP contribution in [0.1, 0.15) is 4.88 Å². The minimum absolute atomic E-state index is 0.0649. The molecule has 0 fully saturated rings. The van der Waals surface area contributed by atoms with Crippen LogP contribution in [-0.4, -0.2) is 24.5 Å². The number of aliphatic carboxylic acids is 1. The van der Waals surface area contributed by atoms with Gasteiger partial charge in [-0.25, -0.2) is 13.4 Å². The van der Waals surface area contributed by atoms with Crippen molar-refractivity contribution in [2.24, 2.45) is 0 Å². The Bertz CT molecular complexity index is 707. The fourth-order valence-corrected chi connectivity index (χ4v) is 4.91. The largest absolute Gasteiger partial charge is 0.481 e. The van der Waals surface area contributed by atoms with E-state index in [1.54, 1.807) is 0 Å². The lowest BCUT2D eigenvalue weighted by molar-refractivity contribution is -0.136. The molecule has 19 heavy (non-hydrogen) atoms. The van der Waals surface area contributed by atoms with Gasteiger partial charge in [0.05, 0.1) is 16.4 Å². The molecule has 0 aliphatic heterocycles. The van der Waals surface area contributed by atoms with Crippen LogP contribution in [0.15, 0.2) is 26.3 Å². The Morgan fingerprint density at radius 1 is 1.42 bits per heavy atom. The molecule has 2 aromatic rings. The highest BCUT2D eigenvalue weighted by Crippen LogP contribution is 2.28. The van der Waals surface area contributed by atoms with Gasteiger partial charge in [0.15, 0.2) is 5.13 Å². The molecular formula is C9H7BrN2O4S3. The fourth-order valence-electron chi connectivity index (χ4n) is 1.21. The van der Waals surface area contributed by atoms with E-state index in [2.05, 4.69) is 25.6 Å². The summed E-state index contributed by atoms with van der Waals surface area (Å²) in [5.74, 6) is -0.998. The van der Waals surface area contributed by atoms with Crippen LogP contribution in [0, 0.1) is 0 Å². The van der Waals surface area contributed by atoms with Crippen molar-refractivity contribution >= 4 is 59.7 Å². The molecule has 2 N–H and O–H groups in total. The summed E-state index contributed by atoms with van der Waals surface area (Å²) < 4.78 is 27.1. The molecule has 0 amide bonds. The van der Waals surface area contributed by atoms with Gasteiger partial charge in [-0.05, 0) is 28.1 Å². The number of nitrogens with zero attached hydrogens (tertiary/aromatic N) is 1. The molecule has 0 radical (unpaired) electrons. The first-order chi connectivity index (χ1) is 8.87. The van der Waals surface area contributed by atoms with Gasteiger partial charge in [0.25, 0.3) is 10.0 Å². The molecule has 6 nitrogen and oxygen atoms in total. The molecule has 0 spiro atoms. The van der Waals surface area contributed by atoms with E-state index in [0.29, 0.717) is 8.66 Å². The molecule has 0 saturated heterocycles. The van der Waals surface area contributed by atoms with Crippen molar-refractivity contribution in [2.75, 3.05) is 4.72 Å². The molecule has 0 aliphatic carbocycles. The number of thiophene rings is 1. The van der Waals surface area contributed by atoms with Gasteiger partial charge in [-0.15, -0.1) is 11.3 Å². The van der Waals surface area contributed by atoms with Crippen molar-refractivity contribution in [3.8, 4) is 0 Å². The number of anilines is 1. The van der Waals surface area contributed by atoms with Crippen molar-refractivity contribution in [1.82, 2.24) is 4.98 Å². The van der Waals surface area contributed by atoms with Crippen molar-refractivity contribution in [1.29, 1.82) is 0 Å². The number of halogens is 1. The van der Waals surface area contributed by atoms with Gasteiger partial charge in [0.1, 0.15) is 4.21 Å². The summed E-state index contributed by atoms with van der Waals surface area (Å²) in [4.78, 5) is 14.9. The maximum atomic E-state index is 12.0. The molecule has 0 bridgehead atoms. The van der Waals surface area contributed by atoms with E-state index >= 15 is 0 Å². The van der Waals surface area contributed by atoms with E-state index in [4.69, 9.17) is 5.11 Å². The number of aromatic nitrogens is 1. The van der Waals surface area contributed by atoms with Crippen LogP contribution in [0.4, 0.5) is 5.13 Å². The van der Waals surface area contributed by atoms with Crippen LogP contribution in [0.3, 0.4) is 0 Å². The summed E-state index contributed by atoms with van der Waals surface area (Å²) in [6.07, 6.45) is 1.30. The maximum Gasteiger partial charge on any atom is 0.308 e. The SMILES string of the molecule is O=C(O)Cc1ccc(S(=O)(=O)Nc2ncc(Br)s2)s1. The van der Waals surface area contributed by atoms with Gasteiger partial charge in [-0.1, -0.05) is 11.3 Å². The number of hydrogen-bond donors (Lipinski definition) is 2. The third-order valence-corrected chi connectivity index (χ3v) is 6.36. The molecule has 0 atom stereocenters. The summed E-state index contributed by atoms with van der Waals surface area (Å²) >= 11 is 5.27. The van der Waals surface area contributed by atoms with E-state index < -0.39 is 16.0 Å². The standard InChI is InChI=1S/C9H7BrN2O4S3/c10-6-4-11-9(18-6)12-19(15,16)8-2-1-5(17-8)3-7(13)14/h1-2,4H,3H2,(H,11,12)(H,13,14). The summed E-state index contributed by atoms with van der Waals surface area (Å²) in [5.41, 5.74) is 0. The van der Waals surface area contributed by atoms with Crippen molar-refractivity contribution < 1.29 is 18.3 Å². The number of rotatable bonds is 5. The van der Waals surface area contributed by atoms with Gasteiger partial charge in [0, 0.05) is 4.88 Å². The Morgan fingerprint density at radius 2 is 2.16 bits per heavy atom. The van der Waals surface area contributed by atoms with Gasteiger partial charge in [-0.2, -0.15) is 0 Å². The minimum Gasteiger partial charge on any atom is -0.481 e. The highest BCUT2D eigenvalue weighted by molar-refractivity contribution is 9.11. The Kier molecular flexibility index (Phi) is 4.23. The van der Waals surface area contributed by atoms with E-state index in [1.165, 1.54) is 18.3 Å². The van der Waals surface area contributed by atoms with Crippen LogP contribution in [0.25, 0.3) is 0 Å². The molecule has 102 valence electrons. The van der Waals surface area contributed by atoms with Crippen LogP contribution in [0.2, 0.25) is 0 Å². The van der Waals surface area contributed by atoms with Crippen LogP contribution in [-0.2, 0) is 21.2 Å². The van der Waals surface area contributed by atoms with Gasteiger partial charge >= 0.3 is 5.97 Å². The topological polar surface area (TPSA) is 96.4 Å². The molecule has 0 unspecified atom stereocenters. The molecule has 10 heteroatoms. The highest BCUT2D eigenvalue weighted by atomic mass is 79.9. The summed E-state index contributed by atoms with van der Waals surface area (Å²) in [5, 5.41) is 8.90. The molecule has 2 aromatic heterocycles. The van der Waals surface area contributed by atoms with Crippen LogP contribution in [0.5, 0.6) is 0 Å². The Hall–Kier alpha value is -0.970. The van der Waals surface area contributed by atoms with E-state index in [0.717, 1.165) is 22.7 Å². The number of nitrogens with one attached hydrogen (secondary N) is 1. The van der Waals surface area contributed by atoms with Crippen molar-refractivity contribution in [2.45, 2.75) is 10.6 Å². The lowest BCUT2D eigenvalue weighted by Crippen LogP contribution is -2.11. The van der Waals surface area contributed by atoms with Crippen molar-refractivity contribution in [3.63, 3.8) is 0 Å². The zero-order valence-electron chi connectivity index (χ0n) is 9.16. The predicted octanol–water partition coefficient (Wildman–Crippen LogP) is 2.39. The maximum absolute atomic E-state index is 12.0. The molecular weight excluding hydrogens is 376 g/mol. The average molecular weight is 383 g/mol. The second-order valence-electron chi connectivity index (χ2n) is 3.37. The Labute approximate surface area is 125 Å².